The Morgan fingerprint density at radius 2 is 2.00 bits per heavy atom. The lowest BCUT2D eigenvalue weighted by Crippen LogP contribution is -2.34. The van der Waals surface area contributed by atoms with Crippen molar-refractivity contribution in [1.82, 2.24) is 19.9 Å². The number of methoxy groups -OCH3 is 1. The molecule has 3 N–H and O–H groups in total. The first-order valence-corrected chi connectivity index (χ1v) is 11.6. The number of hydrogen-bond acceptors (Lipinski definition) is 8. The molecule has 0 aliphatic heterocycles. The third-order valence-corrected chi connectivity index (χ3v) is 5.34. The minimum absolute atomic E-state index is 0.0795. The molecule has 2 heterocycles. The van der Waals surface area contributed by atoms with Crippen molar-refractivity contribution in [2.75, 3.05) is 37.9 Å². The number of rotatable bonds is 8. The average molecular weight is 519 g/mol. The lowest BCUT2D eigenvalue weighted by Gasteiger charge is -2.24. The highest BCUT2D eigenvalue weighted by atomic mass is 35.5. The summed E-state index contributed by atoms with van der Waals surface area (Å²) in [6, 6.07) is 6.93. The summed E-state index contributed by atoms with van der Waals surface area (Å²) in [7, 11) is 3.09. The van der Waals surface area contributed by atoms with E-state index in [1.54, 1.807) is 40.0 Å². The highest BCUT2D eigenvalue weighted by Gasteiger charge is 2.25. The van der Waals surface area contributed by atoms with Gasteiger partial charge in [-0.3, -0.25) is 9.69 Å². The summed E-state index contributed by atoms with van der Waals surface area (Å²) >= 11 is 6.18. The van der Waals surface area contributed by atoms with Gasteiger partial charge in [-0.2, -0.15) is 5.10 Å². The molecule has 1 atom stereocenters. The van der Waals surface area contributed by atoms with Crippen molar-refractivity contribution in [2.45, 2.75) is 39.4 Å². The molecule has 194 valence electrons. The summed E-state index contributed by atoms with van der Waals surface area (Å²) < 4.78 is 17.7. The molecule has 2 amide bonds. The Balaban J connectivity index is 1.65. The molecule has 2 aromatic heterocycles. The predicted octanol–water partition coefficient (Wildman–Crippen LogP) is 3.85. The van der Waals surface area contributed by atoms with E-state index in [0.29, 0.717) is 17.1 Å². The third kappa shape index (κ3) is 6.35. The van der Waals surface area contributed by atoms with Gasteiger partial charge in [0.25, 0.3) is 5.91 Å². The zero-order valence-corrected chi connectivity index (χ0v) is 21.9. The van der Waals surface area contributed by atoms with Gasteiger partial charge < -0.3 is 25.3 Å². The van der Waals surface area contributed by atoms with Crippen LogP contribution in [0.5, 0.6) is 5.75 Å². The zero-order valence-electron chi connectivity index (χ0n) is 21.2. The molecule has 36 heavy (non-hydrogen) atoms. The van der Waals surface area contributed by atoms with Crippen molar-refractivity contribution < 1.29 is 23.8 Å². The van der Waals surface area contributed by atoms with E-state index in [2.05, 4.69) is 15.4 Å². The van der Waals surface area contributed by atoms with Crippen molar-refractivity contribution in [2.24, 2.45) is 0 Å². The first-order valence-electron chi connectivity index (χ1n) is 11.3. The number of anilines is 2. The quantitative estimate of drug-likeness (QED) is 0.339. The van der Waals surface area contributed by atoms with Crippen LogP contribution in [0.15, 0.2) is 30.5 Å². The Morgan fingerprint density at radius 3 is 2.64 bits per heavy atom. The number of carbonyl (C=O) groups is 2. The number of nitrogens with one attached hydrogen (secondary N) is 1. The van der Waals surface area contributed by atoms with Gasteiger partial charge in [0, 0.05) is 19.7 Å². The molecular formula is C24H31ClN6O5. The van der Waals surface area contributed by atoms with Gasteiger partial charge >= 0.3 is 6.09 Å². The number of ether oxygens (including phenoxy) is 3. The molecule has 11 nitrogen and oxygen atoms in total. The largest absolute Gasteiger partial charge is 0.495 e. The molecule has 0 radical (unpaired) electrons. The van der Waals surface area contributed by atoms with E-state index < -0.39 is 17.6 Å². The molecular weight excluding hydrogens is 488 g/mol. The Bertz CT molecular complexity index is 1260. The molecule has 0 spiro atoms. The fourth-order valence-electron chi connectivity index (χ4n) is 3.35. The third-order valence-electron chi connectivity index (χ3n) is 5.16. The van der Waals surface area contributed by atoms with Crippen LogP contribution in [0.1, 0.15) is 49.9 Å². The number of fused-ring (bicyclic) bond motifs is 1. The first-order chi connectivity index (χ1) is 16.9. The minimum Gasteiger partial charge on any atom is -0.495 e. The number of aromatic nitrogens is 3. The number of nitrogen functional groups attached to an aromatic ring is 1. The van der Waals surface area contributed by atoms with Crippen LogP contribution in [0, 0.1) is 0 Å². The molecule has 0 aliphatic carbocycles. The van der Waals surface area contributed by atoms with Crippen LogP contribution in [-0.2, 0) is 9.47 Å². The van der Waals surface area contributed by atoms with Crippen LogP contribution in [0.4, 0.5) is 16.2 Å². The van der Waals surface area contributed by atoms with Gasteiger partial charge in [0.05, 0.1) is 37.4 Å². The van der Waals surface area contributed by atoms with Crippen molar-refractivity contribution in [3.63, 3.8) is 0 Å². The topological polar surface area (TPSA) is 133 Å². The Labute approximate surface area is 214 Å². The highest BCUT2D eigenvalue weighted by Crippen LogP contribution is 2.27. The van der Waals surface area contributed by atoms with Crippen molar-refractivity contribution in [1.29, 1.82) is 0 Å². The molecule has 0 aliphatic rings. The second-order valence-electron chi connectivity index (χ2n) is 9.04. The summed E-state index contributed by atoms with van der Waals surface area (Å²) in [5.41, 5.74) is 7.47. The monoisotopic (exact) mass is 518 g/mol. The lowest BCUT2D eigenvalue weighted by atomic mass is 10.1. The van der Waals surface area contributed by atoms with E-state index in [9.17, 15) is 9.59 Å². The number of halogens is 1. The SMILES string of the molecule is COc1ccc(C(C)OCCNC(=O)c2cnc3c(N(C)C(=O)OC(C)(C)C)cc(Cl)nn23)cc1N. The Kier molecular flexibility index (Phi) is 8.26. The van der Waals surface area contributed by atoms with Crippen LogP contribution in [0.25, 0.3) is 5.65 Å². The van der Waals surface area contributed by atoms with Crippen LogP contribution in [-0.4, -0.2) is 59.5 Å². The first kappa shape index (κ1) is 27.0. The number of benzene rings is 1. The zero-order chi connectivity index (χ0) is 26.6. The van der Waals surface area contributed by atoms with Crippen LogP contribution >= 0.6 is 11.6 Å². The van der Waals surface area contributed by atoms with Gasteiger partial charge in [-0.1, -0.05) is 17.7 Å². The number of nitrogens with two attached hydrogens (primary N) is 1. The summed E-state index contributed by atoms with van der Waals surface area (Å²) in [4.78, 5) is 30.9. The maximum absolute atomic E-state index is 12.8. The van der Waals surface area contributed by atoms with Gasteiger partial charge in [-0.15, -0.1) is 0 Å². The number of carbonyl (C=O) groups excluding carboxylic acids is 2. The molecule has 0 saturated heterocycles. The molecule has 3 rings (SSSR count). The fraction of sp³-hybridized carbons (Fsp3) is 0.417. The van der Waals surface area contributed by atoms with Crippen molar-refractivity contribution in [3.05, 3.63) is 46.9 Å². The van der Waals surface area contributed by atoms with Gasteiger partial charge in [-0.25, -0.2) is 14.3 Å². The Morgan fingerprint density at radius 1 is 1.28 bits per heavy atom. The minimum atomic E-state index is -0.682. The molecule has 0 saturated carbocycles. The van der Waals surface area contributed by atoms with E-state index in [0.717, 1.165) is 5.56 Å². The standard InChI is InChI=1S/C24H31ClN6O5/c1-14(15-7-8-19(34-6)16(26)11-15)35-10-9-27-22(32)18-13-28-21-17(12-20(25)29-31(18)21)30(5)23(33)36-24(2,3)4/h7-8,11-14H,9-10,26H2,1-6H3,(H,27,32). The van der Waals surface area contributed by atoms with Crippen molar-refractivity contribution >= 4 is 40.6 Å². The molecule has 0 bridgehead atoms. The summed E-state index contributed by atoms with van der Waals surface area (Å²) in [6.07, 6.45) is 0.534. The maximum Gasteiger partial charge on any atom is 0.414 e. The second-order valence-corrected chi connectivity index (χ2v) is 9.43. The van der Waals surface area contributed by atoms with Crippen LogP contribution in [0.3, 0.4) is 0 Å². The number of hydrogen-bond donors (Lipinski definition) is 2. The summed E-state index contributed by atoms with van der Waals surface area (Å²) in [5, 5.41) is 7.04. The van der Waals surface area contributed by atoms with E-state index in [4.69, 9.17) is 31.5 Å². The van der Waals surface area contributed by atoms with Crippen LogP contribution in [0.2, 0.25) is 5.15 Å². The average Bonchev–Trinajstić information content (AvgIpc) is 3.23. The molecule has 12 heteroatoms. The summed E-state index contributed by atoms with van der Waals surface area (Å²) in [5.74, 6) is 0.175. The normalized spacial score (nSPS) is 12.3. The molecule has 3 aromatic rings. The predicted molar refractivity (Wildman–Crippen MR) is 137 cm³/mol. The Hall–Kier alpha value is -3.57. The molecule has 0 fully saturated rings. The molecule has 1 unspecified atom stereocenters. The van der Waals surface area contributed by atoms with E-state index >= 15 is 0 Å². The van der Waals surface area contributed by atoms with Gasteiger partial charge in [-0.05, 0) is 45.4 Å². The van der Waals surface area contributed by atoms with E-state index in [1.807, 2.05) is 13.0 Å². The molecule has 1 aromatic carbocycles. The lowest BCUT2D eigenvalue weighted by molar-refractivity contribution is 0.0589. The van der Waals surface area contributed by atoms with E-state index in [-0.39, 0.29) is 35.7 Å². The van der Waals surface area contributed by atoms with Crippen molar-refractivity contribution in [3.8, 4) is 5.75 Å². The smallest absolute Gasteiger partial charge is 0.414 e. The van der Waals surface area contributed by atoms with Gasteiger partial charge in [0.1, 0.15) is 11.4 Å². The van der Waals surface area contributed by atoms with E-state index in [1.165, 1.54) is 28.7 Å². The number of amides is 2. The summed E-state index contributed by atoms with van der Waals surface area (Å²) in [6.45, 7) is 7.69. The van der Waals surface area contributed by atoms with Crippen LogP contribution < -0.4 is 20.7 Å². The number of nitrogens with zero attached hydrogens (tertiary/aromatic N) is 4. The maximum atomic E-state index is 12.8. The highest BCUT2D eigenvalue weighted by molar-refractivity contribution is 6.29. The van der Waals surface area contributed by atoms with Gasteiger partial charge in [0.15, 0.2) is 16.5 Å². The number of imidazole rings is 1. The van der Waals surface area contributed by atoms with Gasteiger partial charge in [0.2, 0.25) is 0 Å². The fourth-order valence-corrected chi connectivity index (χ4v) is 3.53. The second kappa shape index (κ2) is 11.0.